The molecule has 0 spiro atoms. The highest BCUT2D eigenvalue weighted by atomic mass is 16.5. The zero-order chi connectivity index (χ0) is 22.0. The smallest absolute Gasteiger partial charge is 0.232 e. The zero-order valence-electron chi connectivity index (χ0n) is 18.3. The molecule has 0 radical (unpaired) electrons. The monoisotopic (exact) mass is 421 g/mol. The van der Waals surface area contributed by atoms with Gasteiger partial charge in [0.15, 0.2) is 11.5 Å². The topological polar surface area (TPSA) is 77.7 Å². The van der Waals surface area contributed by atoms with E-state index in [1.807, 2.05) is 29.2 Å². The van der Waals surface area contributed by atoms with Gasteiger partial charge in [-0.3, -0.25) is 4.79 Å². The van der Waals surface area contributed by atoms with Gasteiger partial charge in [-0.1, -0.05) is 23.4 Å². The van der Waals surface area contributed by atoms with Gasteiger partial charge in [-0.2, -0.15) is 4.98 Å². The standard InChI is InChI=1S/C24H27N3O4/c1-15-5-7-18(11-16(15)2)23-25-24(31-26-23)19-13-22(28)27(14-19)10-9-17-6-8-20(29-3)21(12-17)30-4/h5-8,11-12,19H,9-10,13-14H2,1-4H3. The van der Waals surface area contributed by atoms with E-state index in [0.717, 1.165) is 17.5 Å². The van der Waals surface area contributed by atoms with Gasteiger partial charge in [0.1, 0.15) is 0 Å². The molecular weight excluding hydrogens is 394 g/mol. The maximum absolute atomic E-state index is 12.6. The first-order chi connectivity index (χ1) is 15.0. The minimum atomic E-state index is -0.0781. The Morgan fingerprint density at radius 3 is 2.61 bits per heavy atom. The third-order valence-electron chi connectivity index (χ3n) is 5.89. The molecule has 4 rings (SSSR count). The van der Waals surface area contributed by atoms with E-state index < -0.39 is 0 Å². The molecule has 162 valence electrons. The lowest BCUT2D eigenvalue weighted by Gasteiger charge is -2.16. The highest BCUT2D eigenvalue weighted by molar-refractivity contribution is 5.79. The van der Waals surface area contributed by atoms with Crippen molar-refractivity contribution < 1.29 is 18.8 Å². The Morgan fingerprint density at radius 1 is 1.06 bits per heavy atom. The molecule has 7 nitrogen and oxygen atoms in total. The molecule has 1 aromatic heterocycles. The van der Waals surface area contributed by atoms with Crippen LogP contribution in [-0.2, 0) is 11.2 Å². The molecule has 31 heavy (non-hydrogen) atoms. The summed E-state index contributed by atoms with van der Waals surface area (Å²) in [5.74, 6) is 2.50. The maximum Gasteiger partial charge on any atom is 0.232 e. The number of benzene rings is 2. The van der Waals surface area contributed by atoms with Crippen LogP contribution in [0.3, 0.4) is 0 Å². The van der Waals surface area contributed by atoms with Gasteiger partial charge in [0.2, 0.25) is 17.6 Å². The molecule has 1 unspecified atom stereocenters. The van der Waals surface area contributed by atoms with Crippen LogP contribution in [0.4, 0.5) is 0 Å². The summed E-state index contributed by atoms with van der Waals surface area (Å²) < 4.78 is 16.2. The van der Waals surface area contributed by atoms with Crippen molar-refractivity contribution in [2.24, 2.45) is 0 Å². The Morgan fingerprint density at radius 2 is 1.87 bits per heavy atom. The van der Waals surface area contributed by atoms with Gasteiger partial charge in [0, 0.05) is 25.1 Å². The molecule has 1 fully saturated rings. The van der Waals surface area contributed by atoms with Crippen LogP contribution in [-0.4, -0.2) is 48.3 Å². The third kappa shape index (κ3) is 4.40. The molecule has 0 aliphatic carbocycles. The van der Waals surface area contributed by atoms with Gasteiger partial charge in [0.25, 0.3) is 0 Å². The van der Waals surface area contributed by atoms with E-state index in [4.69, 9.17) is 14.0 Å². The van der Waals surface area contributed by atoms with E-state index in [-0.39, 0.29) is 11.8 Å². The summed E-state index contributed by atoms with van der Waals surface area (Å²) in [5, 5.41) is 4.14. The SMILES string of the molecule is COc1ccc(CCN2CC(c3nc(-c4ccc(C)c(C)c4)no3)CC2=O)cc1OC. The molecule has 1 aliphatic heterocycles. The van der Waals surface area contributed by atoms with Gasteiger partial charge < -0.3 is 18.9 Å². The second-order valence-electron chi connectivity index (χ2n) is 7.94. The molecule has 1 atom stereocenters. The molecule has 1 amide bonds. The summed E-state index contributed by atoms with van der Waals surface area (Å²) >= 11 is 0. The van der Waals surface area contributed by atoms with Crippen LogP contribution in [0.25, 0.3) is 11.4 Å². The largest absolute Gasteiger partial charge is 0.493 e. The number of rotatable bonds is 7. The first-order valence-electron chi connectivity index (χ1n) is 10.4. The number of aromatic nitrogens is 2. The molecule has 2 heterocycles. The second kappa shape index (κ2) is 8.79. The van der Waals surface area contributed by atoms with Crippen molar-refractivity contribution in [1.29, 1.82) is 0 Å². The van der Waals surface area contributed by atoms with Crippen molar-refractivity contribution >= 4 is 5.91 Å². The van der Waals surface area contributed by atoms with Crippen LogP contribution in [0.1, 0.15) is 34.9 Å². The summed E-state index contributed by atoms with van der Waals surface area (Å²) in [6.07, 6.45) is 1.12. The summed E-state index contributed by atoms with van der Waals surface area (Å²) in [7, 11) is 3.23. The van der Waals surface area contributed by atoms with Gasteiger partial charge in [0.05, 0.1) is 20.1 Å². The predicted octanol–water partition coefficient (Wildman–Crippen LogP) is 3.93. The van der Waals surface area contributed by atoms with E-state index in [0.29, 0.717) is 42.7 Å². The number of carbonyl (C=O) groups excluding carboxylic acids is 1. The maximum atomic E-state index is 12.6. The van der Waals surface area contributed by atoms with Gasteiger partial charge in [-0.15, -0.1) is 0 Å². The average molecular weight is 421 g/mol. The number of amides is 1. The van der Waals surface area contributed by atoms with Gasteiger partial charge >= 0.3 is 0 Å². The Hall–Kier alpha value is -3.35. The van der Waals surface area contributed by atoms with E-state index in [9.17, 15) is 4.79 Å². The lowest BCUT2D eigenvalue weighted by Crippen LogP contribution is -2.27. The van der Waals surface area contributed by atoms with Crippen molar-refractivity contribution in [3.63, 3.8) is 0 Å². The number of carbonyl (C=O) groups is 1. The molecular formula is C24H27N3O4. The predicted molar refractivity (Wildman–Crippen MR) is 116 cm³/mol. The van der Waals surface area contributed by atoms with E-state index in [1.54, 1.807) is 14.2 Å². The molecule has 3 aromatic rings. The van der Waals surface area contributed by atoms with E-state index in [2.05, 4.69) is 36.1 Å². The highest BCUT2D eigenvalue weighted by Crippen LogP contribution is 2.30. The van der Waals surface area contributed by atoms with Gasteiger partial charge in [-0.05, 0) is 55.2 Å². The minimum Gasteiger partial charge on any atom is -0.493 e. The zero-order valence-corrected chi connectivity index (χ0v) is 18.3. The average Bonchev–Trinajstić information content (AvgIpc) is 3.41. The highest BCUT2D eigenvalue weighted by Gasteiger charge is 2.34. The van der Waals surface area contributed by atoms with E-state index in [1.165, 1.54) is 11.1 Å². The first-order valence-corrected chi connectivity index (χ1v) is 10.4. The molecule has 0 saturated carbocycles. The lowest BCUT2D eigenvalue weighted by atomic mass is 10.1. The number of hydrogen-bond donors (Lipinski definition) is 0. The molecule has 0 bridgehead atoms. The number of ether oxygens (including phenoxy) is 2. The molecule has 1 aliphatic rings. The third-order valence-corrected chi connectivity index (χ3v) is 5.89. The molecule has 7 heteroatoms. The van der Waals surface area contributed by atoms with Crippen LogP contribution < -0.4 is 9.47 Å². The summed E-state index contributed by atoms with van der Waals surface area (Å²) in [5.41, 5.74) is 4.41. The summed E-state index contributed by atoms with van der Waals surface area (Å²) in [6, 6.07) is 11.9. The molecule has 2 aromatic carbocycles. The van der Waals surface area contributed by atoms with Gasteiger partial charge in [-0.25, -0.2) is 0 Å². The lowest BCUT2D eigenvalue weighted by molar-refractivity contribution is -0.127. The number of methoxy groups -OCH3 is 2. The molecule has 1 saturated heterocycles. The fourth-order valence-corrected chi connectivity index (χ4v) is 3.85. The van der Waals surface area contributed by atoms with Crippen molar-refractivity contribution in [3.05, 3.63) is 59.0 Å². The van der Waals surface area contributed by atoms with Crippen LogP contribution in [0.5, 0.6) is 11.5 Å². The van der Waals surface area contributed by atoms with Crippen molar-refractivity contribution in [3.8, 4) is 22.9 Å². The summed E-state index contributed by atoms with van der Waals surface area (Å²) in [6.45, 7) is 5.34. The van der Waals surface area contributed by atoms with Crippen LogP contribution in [0.2, 0.25) is 0 Å². The fraction of sp³-hybridized carbons (Fsp3) is 0.375. The van der Waals surface area contributed by atoms with Crippen molar-refractivity contribution in [1.82, 2.24) is 15.0 Å². The Bertz CT molecular complexity index is 1090. The van der Waals surface area contributed by atoms with Crippen LogP contribution in [0, 0.1) is 13.8 Å². The van der Waals surface area contributed by atoms with Crippen LogP contribution in [0.15, 0.2) is 40.9 Å². The van der Waals surface area contributed by atoms with Crippen molar-refractivity contribution in [2.75, 3.05) is 27.3 Å². The Labute approximate surface area is 182 Å². The second-order valence-corrected chi connectivity index (χ2v) is 7.94. The van der Waals surface area contributed by atoms with Crippen molar-refractivity contribution in [2.45, 2.75) is 32.6 Å². The quantitative estimate of drug-likeness (QED) is 0.575. The number of aryl methyl sites for hydroxylation is 2. The summed E-state index contributed by atoms with van der Waals surface area (Å²) in [4.78, 5) is 19.0. The number of likely N-dealkylation sites (tertiary alicyclic amines) is 1. The van der Waals surface area contributed by atoms with E-state index >= 15 is 0 Å². The Kier molecular flexibility index (Phi) is 5.93. The number of hydrogen-bond acceptors (Lipinski definition) is 6. The normalized spacial score (nSPS) is 16.1. The minimum absolute atomic E-state index is 0.0781. The first kappa shape index (κ1) is 20.9. The van der Waals surface area contributed by atoms with Crippen LogP contribution >= 0.6 is 0 Å². The Balaban J connectivity index is 1.40. The molecule has 0 N–H and O–H groups in total. The number of nitrogens with zero attached hydrogens (tertiary/aromatic N) is 3. The fourth-order valence-electron chi connectivity index (χ4n) is 3.85.